The Morgan fingerprint density at radius 3 is 2.32 bits per heavy atom. The van der Waals surface area contributed by atoms with Gasteiger partial charge in [0.1, 0.15) is 6.04 Å². The summed E-state index contributed by atoms with van der Waals surface area (Å²) in [5, 5.41) is 8.45. The maximum absolute atomic E-state index is 11.4. The van der Waals surface area contributed by atoms with Crippen LogP contribution in [0, 0.1) is 0 Å². The Morgan fingerprint density at radius 2 is 1.74 bits per heavy atom. The molecule has 2 aliphatic heterocycles. The number of carbonyl (C=O) groups is 4. The molecule has 6 amide bonds. The van der Waals surface area contributed by atoms with Crippen LogP contribution in [0.4, 0.5) is 9.59 Å². The molecule has 2 saturated heterocycles. The molecule has 0 aliphatic carbocycles. The maximum Gasteiger partial charge on any atom is 0.328 e. The lowest BCUT2D eigenvalue weighted by atomic mass is 10.2. The lowest BCUT2D eigenvalue weighted by Gasteiger charge is -2.29. The first kappa shape index (κ1) is 12.9. The third-order valence-corrected chi connectivity index (χ3v) is 2.42. The normalized spacial score (nSPS) is 27.1. The maximum atomic E-state index is 11.4. The zero-order valence-corrected chi connectivity index (χ0v) is 9.43. The summed E-state index contributed by atoms with van der Waals surface area (Å²) in [5.74, 6) is 3.13. The number of aliphatic imine (C=N–C) groups is 1. The fraction of sp³-hybridized carbons (Fsp3) is 0.375. The largest absolute Gasteiger partial charge is 0.336 e. The van der Waals surface area contributed by atoms with Gasteiger partial charge in [-0.2, -0.15) is 0 Å². The molecule has 2 rings (SSSR count). The van der Waals surface area contributed by atoms with Crippen molar-refractivity contribution in [2.75, 3.05) is 6.54 Å². The zero-order valence-electron chi connectivity index (χ0n) is 9.43. The van der Waals surface area contributed by atoms with Gasteiger partial charge in [-0.1, -0.05) is 0 Å². The number of barbiturate groups is 1. The van der Waals surface area contributed by atoms with Crippen molar-refractivity contribution in [1.82, 2.24) is 21.3 Å². The molecule has 6 N–H and O–H groups in total. The zero-order chi connectivity index (χ0) is 14.0. The van der Waals surface area contributed by atoms with Crippen molar-refractivity contribution in [1.29, 1.82) is 0 Å². The number of nitrogens with one attached hydrogen (secondary N) is 4. The van der Waals surface area contributed by atoms with E-state index in [2.05, 4.69) is 20.5 Å². The van der Waals surface area contributed by atoms with Crippen LogP contribution in [-0.2, 0) is 14.4 Å². The number of hydrogen-bond acceptors (Lipinski definition) is 7. The van der Waals surface area contributed by atoms with Crippen molar-refractivity contribution in [2.24, 2.45) is 10.9 Å². The molecule has 0 aromatic heterocycles. The Labute approximate surface area is 105 Å². The van der Waals surface area contributed by atoms with Gasteiger partial charge in [0.2, 0.25) is 0 Å². The number of nitrogens with two attached hydrogens (primary N) is 1. The summed E-state index contributed by atoms with van der Waals surface area (Å²) < 4.78 is 0. The van der Waals surface area contributed by atoms with Gasteiger partial charge in [-0.05, 0) is 0 Å². The van der Waals surface area contributed by atoms with E-state index in [9.17, 15) is 19.2 Å². The Hall–Kier alpha value is -2.53. The first-order valence-electron chi connectivity index (χ1n) is 5.15. The molecule has 2 heterocycles. The SMILES string of the molecule is NOC1NC(=O)NCC1N=C1C(=O)NC(=O)NC1=O. The van der Waals surface area contributed by atoms with Crippen molar-refractivity contribution in [3.8, 4) is 0 Å². The van der Waals surface area contributed by atoms with E-state index < -0.39 is 41.9 Å². The first-order chi connectivity index (χ1) is 9.01. The second-order valence-corrected chi connectivity index (χ2v) is 3.69. The van der Waals surface area contributed by atoms with Gasteiger partial charge >= 0.3 is 12.1 Å². The summed E-state index contributed by atoms with van der Waals surface area (Å²) in [6.45, 7) is 0.0196. The first-order valence-corrected chi connectivity index (χ1v) is 5.15. The van der Waals surface area contributed by atoms with Crippen LogP contribution < -0.4 is 27.2 Å². The van der Waals surface area contributed by atoms with E-state index in [1.165, 1.54) is 0 Å². The average molecular weight is 270 g/mol. The highest BCUT2D eigenvalue weighted by atomic mass is 16.6. The van der Waals surface area contributed by atoms with Crippen molar-refractivity contribution in [3.63, 3.8) is 0 Å². The summed E-state index contributed by atoms with van der Waals surface area (Å²) in [7, 11) is 0. The van der Waals surface area contributed by atoms with Crippen LogP contribution in [-0.4, -0.2) is 48.4 Å². The molecule has 11 heteroatoms. The van der Waals surface area contributed by atoms with Gasteiger partial charge in [-0.25, -0.2) is 15.5 Å². The van der Waals surface area contributed by atoms with Crippen LogP contribution in [0.15, 0.2) is 4.99 Å². The van der Waals surface area contributed by atoms with Crippen LogP contribution in [0.2, 0.25) is 0 Å². The lowest BCUT2D eigenvalue weighted by molar-refractivity contribution is -0.119. The minimum absolute atomic E-state index is 0.0196. The number of amides is 6. The third kappa shape index (κ3) is 2.66. The van der Waals surface area contributed by atoms with Gasteiger partial charge in [0.05, 0.1) is 0 Å². The second kappa shape index (κ2) is 4.99. The predicted octanol–water partition coefficient (Wildman–Crippen LogP) is -3.31. The van der Waals surface area contributed by atoms with Crippen molar-refractivity contribution < 1.29 is 24.0 Å². The number of carbonyl (C=O) groups excluding carboxylic acids is 4. The van der Waals surface area contributed by atoms with Crippen LogP contribution in [0.3, 0.4) is 0 Å². The second-order valence-electron chi connectivity index (χ2n) is 3.69. The monoisotopic (exact) mass is 270 g/mol. The van der Waals surface area contributed by atoms with E-state index in [1.54, 1.807) is 0 Å². The number of rotatable bonds is 2. The van der Waals surface area contributed by atoms with Gasteiger partial charge in [0.15, 0.2) is 11.9 Å². The van der Waals surface area contributed by atoms with Gasteiger partial charge < -0.3 is 10.6 Å². The van der Waals surface area contributed by atoms with Crippen molar-refractivity contribution in [3.05, 3.63) is 0 Å². The van der Waals surface area contributed by atoms with Gasteiger partial charge in [0.25, 0.3) is 11.8 Å². The fourth-order valence-corrected chi connectivity index (χ4v) is 1.56. The van der Waals surface area contributed by atoms with Crippen LogP contribution in [0.25, 0.3) is 0 Å². The molecule has 0 saturated carbocycles. The quantitative estimate of drug-likeness (QED) is 0.330. The highest BCUT2D eigenvalue weighted by molar-refractivity contribution is 6.68. The van der Waals surface area contributed by atoms with Gasteiger partial charge in [0, 0.05) is 6.54 Å². The molecule has 0 radical (unpaired) electrons. The molecular weight excluding hydrogens is 260 g/mol. The number of hydrogen-bond donors (Lipinski definition) is 5. The Morgan fingerprint density at radius 1 is 1.11 bits per heavy atom. The molecule has 0 aromatic carbocycles. The number of imide groups is 2. The van der Waals surface area contributed by atoms with E-state index in [1.807, 2.05) is 10.6 Å². The Bertz CT molecular complexity index is 466. The lowest BCUT2D eigenvalue weighted by Crippen LogP contribution is -2.61. The molecule has 102 valence electrons. The fourth-order valence-electron chi connectivity index (χ4n) is 1.56. The Balaban J connectivity index is 2.19. The van der Waals surface area contributed by atoms with Crippen molar-refractivity contribution in [2.45, 2.75) is 12.3 Å². The molecule has 0 spiro atoms. The number of nitrogens with zero attached hydrogens (tertiary/aromatic N) is 1. The number of urea groups is 2. The Kier molecular flexibility index (Phi) is 3.39. The minimum atomic E-state index is -0.987. The van der Waals surface area contributed by atoms with Crippen LogP contribution >= 0.6 is 0 Å². The molecule has 2 aliphatic rings. The van der Waals surface area contributed by atoms with Crippen molar-refractivity contribution >= 4 is 29.6 Å². The summed E-state index contributed by atoms with van der Waals surface area (Å²) in [5.41, 5.74) is -0.496. The van der Waals surface area contributed by atoms with E-state index in [-0.39, 0.29) is 6.54 Å². The molecule has 11 nitrogen and oxygen atoms in total. The predicted molar refractivity (Wildman–Crippen MR) is 58.5 cm³/mol. The molecule has 19 heavy (non-hydrogen) atoms. The molecule has 0 aromatic rings. The van der Waals surface area contributed by atoms with E-state index in [0.29, 0.717) is 0 Å². The van der Waals surface area contributed by atoms with E-state index in [0.717, 1.165) is 0 Å². The summed E-state index contributed by atoms with van der Waals surface area (Å²) in [6, 6.07) is -2.22. The molecule has 0 bridgehead atoms. The molecular formula is C8H10N6O5. The topological polar surface area (TPSA) is 164 Å². The summed E-state index contributed by atoms with van der Waals surface area (Å²) in [4.78, 5) is 53.1. The third-order valence-electron chi connectivity index (χ3n) is 2.42. The van der Waals surface area contributed by atoms with Gasteiger partial charge in [-0.15, -0.1) is 0 Å². The average Bonchev–Trinajstić information content (AvgIpc) is 2.35. The van der Waals surface area contributed by atoms with Crippen LogP contribution in [0.1, 0.15) is 0 Å². The molecule has 2 fully saturated rings. The van der Waals surface area contributed by atoms with Gasteiger partial charge in [-0.3, -0.25) is 30.1 Å². The highest BCUT2D eigenvalue weighted by Crippen LogP contribution is 2.05. The molecule has 2 unspecified atom stereocenters. The van der Waals surface area contributed by atoms with Crippen LogP contribution in [0.5, 0.6) is 0 Å². The van der Waals surface area contributed by atoms with E-state index in [4.69, 9.17) is 5.90 Å². The molecule has 2 atom stereocenters. The summed E-state index contributed by atoms with van der Waals surface area (Å²) in [6.07, 6.45) is -0.987. The minimum Gasteiger partial charge on any atom is -0.336 e. The van der Waals surface area contributed by atoms with E-state index >= 15 is 0 Å². The smallest absolute Gasteiger partial charge is 0.328 e. The highest BCUT2D eigenvalue weighted by Gasteiger charge is 2.34. The standard InChI is InChI=1S/C8H10N6O5/c9-19-6-2(1-10-7(17)14-6)11-3-4(15)12-8(18)13-5(3)16/h2,6H,1,9H2,(H2,10,14,17)(H2,12,13,15,16,18). The summed E-state index contributed by atoms with van der Waals surface area (Å²) >= 11 is 0.